The minimum atomic E-state index is -0.0110. The van der Waals surface area contributed by atoms with Crippen molar-refractivity contribution >= 4 is 0 Å². The van der Waals surface area contributed by atoms with Gasteiger partial charge < -0.3 is 20.4 Å². The summed E-state index contributed by atoms with van der Waals surface area (Å²) in [5.41, 5.74) is 3.74. The second-order valence-corrected chi connectivity index (χ2v) is 6.23. The van der Waals surface area contributed by atoms with E-state index in [9.17, 15) is 20.4 Å². The van der Waals surface area contributed by atoms with Crippen molar-refractivity contribution in [1.29, 1.82) is 0 Å². The fourth-order valence-electron chi connectivity index (χ4n) is 2.98. The van der Waals surface area contributed by atoms with Gasteiger partial charge in [0.05, 0.1) is 0 Å². The summed E-state index contributed by atoms with van der Waals surface area (Å²) in [6.45, 7) is 1.94. The molecule has 0 saturated heterocycles. The van der Waals surface area contributed by atoms with Crippen LogP contribution < -0.4 is 0 Å². The van der Waals surface area contributed by atoms with Gasteiger partial charge in [0, 0.05) is 18.9 Å². The smallest absolute Gasteiger partial charge is 0.122 e. The predicted molar refractivity (Wildman–Crippen MR) is 96.3 cm³/mol. The minimum absolute atomic E-state index is 0.00467. The zero-order valence-electron chi connectivity index (χ0n) is 13.9. The minimum Gasteiger partial charge on any atom is -0.508 e. The number of hydrogen-bond donors (Lipinski definition) is 4. The van der Waals surface area contributed by atoms with Crippen molar-refractivity contribution in [2.24, 2.45) is 0 Å². The van der Waals surface area contributed by atoms with E-state index in [4.69, 9.17) is 0 Å². The standard InChI is InChI=1S/C21H20O4/c1-13-8-16(10-14-4-2-3-5-19(14)23)21(25)17(9-13)11-15-6-7-18(22)12-20(15)24/h2-9,12,22-25H,10-11H2,1H3. The van der Waals surface area contributed by atoms with Crippen LogP contribution in [0.1, 0.15) is 27.8 Å². The summed E-state index contributed by atoms with van der Waals surface area (Å²) >= 11 is 0. The highest BCUT2D eigenvalue weighted by Gasteiger charge is 2.13. The largest absolute Gasteiger partial charge is 0.508 e. The number of benzene rings is 3. The maximum atomic E-state index is 10.7. The van der Waals surface area contributed by atoms with Crippen molar-refractivity contribution in [2.45, 2.75) is 19.8 Å². The third-order valence-electron chi connectivity index (χ3n) is 4.23. The summed E-state index contributed by atoms with van der Waals surface area (Å²) < 4.78 is 0. The lowest BCUT2D eigenvalue weighted by molar-refractivity contribution is 0.445. The molecule has 0 aliphatic carbocycles. The lowest BCUT2D eigenvalue weighted by Crippen LogP contribution is -1.97. The summed E-state index contributed by atoms with van der Waals surface area (Å²) in [7, 11) is 0. The van der Waals surface area contributed by atoms with E-state index in [1.165, 1.54) is 12.1 Å². The summed E-state index contributed by atoms with van der Waals surface area (Å²) in [5.74, 6) is 0.334. The molecular formula is C21H20O4. The van der Waals surface area contributed by atoms with Crippen molar-refractivity contribution in [2.75, 3.05) is 0 Å². The quantitative estimate of drug-likeness (QED) is 0.580. The van der Waals surface area contributed by atoms with E-state index >= 15 is 0 Å². The Bertz CT molecular complexity index is 916. The maximum absolute atomic E-state index is 10.7. The molecule has 0 aliphatic heterocycles. The topological polar surface area (TPSA) is 80.9 Å². The second kappa shape index (κ2) is 6.77. The highest BCUT2D eigenvalue weighted by molar-refractivity contribution is 5.51. The summed E-state index contributed by atoms with van der Waals surface area (Å²) in [6.07, 6.45) is 0.752. The van der Waals surface area contributed by atoms with E-state index in [1.54, 1.807) is 18.2 Å². The van der Waals surface area contributed by atoms with Gasteiger partial charge in [0.2, 0.25) is 0 Å². The Hall–Kier alpha value is -3.14. The molecule has 0 bridgehead atoms. The van der Waals surface area contributed by atoms with Gasteiger partial charge in [0.15, 0.2) is 0 Å². The van der Waals surface area contributed by atoms with Crippen LogP contribution in [0, 0.1) is 6.92 Å². The molecule has 0 fully saturated rings. The van der Waals surface area contributed by atoms with Gasteiger partial charge in [-0.25, -0.2) is 0 Å². The molecule has 3 rings (SSSR count). The molecule has 3 aromatic carbocycles. The van der Waals surface area contributed by atoms with E-state index in [0.717, 1.165) is 16.7 Å². The molecule has 3 aromatic rings. The van der Waals surface area contributed by atoms with Crippen LogP contribution in [0.15, 0.2) is 54.6 Å². The lowest BCUT2D eigenvalue weighted by atomic mass is 9.95. The zero-order chi connectivity index (χ0) is 18.0. The third kappa shape index (κ3) is 3.69. The third-order valence-corrected chi connectivity index (χ3v) is 4.23. The number of para-hydroxylation sites is 1. The van der Waals surface area contributed by atoms with Crippen molar-refractivity contribution < 1.29 is 20.4 Å². The fraction of sp³-hybridized carbons (Fsp3) is 0.143. The van der Waals surface area contributed by atoms with Gasteiger partial charge in [-0.1, -0.05) is 42.0 Å². The van der Waals surface area contributed by atoms with Gasteiger partial charge in [0.25, 0.3) is 0 Å². The monoisotopic (exact) mass is 336 g/mol. The Morgan fingerprint density at radius 1 is 0.640 bits per heavy atom. The Kier molecular flexibility index (Phi) is 4.52. The molecule has 0 atom stereocenters. The first-order valence-electron chi connectivity index (χ1n) is 8.03. The van der Waals surface area contributed by atoms with Gasteiger partial charge in [-0.3, -0.25) is 0 Å². The van der Waals surface area contributed by atoms with Crippen molar-refractivity contribution in [1.82, 2.24) is 0 Å². The van der Waals surface area contributed by atoms with Gasteiger partial charge in [-0.2, -0.15) is 0 Å². The van der Waals surface area contributed by atoms with Gasteiger partial charge >= 0.3 is 0 Å². The maximum Gasteiger partial charge on any atom is 0.122 e. The molecular weight excluding hydrogens is 316 g/mol. The molecule has 4 heteroatoms. The van der Waals surface area contributed by atoms with Gasteiger partial charge in [-0.15, -0.1) is 0 Å². The number of phenols is 4. The molecule has 0 unspecified atom stereocenters. The average Bonchev–Trinajstić information content (AvgIpc) is 2.56. The molecule has 0 amide bonds. The van der Waals surface area contributed by atoms with E-state index in [-0.39, 0.29) is 23.0 Å². The molecule has 4 nitrogen and oxygen atoms in total. The number of rotatable bonds is 4. The molecule has 128 valence electrons. The number of phenolic OH excluding ortho intramolecular Hbond substituents is 4. The molecule has 25 heavy (non-hydrogen) atoms. The summed E-state index contributed by atoms with van der Waals surface area (Å²) in [5, 5.41) is 40.0. The first-order valence-corrected chi connectivity index (χ1v) is 8.03. The first kappa shape index (κ1) is 16.7. The van der Waals surface area contributed by atoms with Crippen molar-refractivity contribution in [3.63, 3.8) is 0 Å². The van der Waals surface area contributed by atoms with E-state index in [0.29, 0.717) is 24.0 Å². The second-order valence-electron chi connectivity index (χ2n) is 6.23. The van der Waals surface area contributed by atoms with Crippen LogP contribution in [-0.2, 0) is 12.8 Å². The van der Waals surface area contributed by atoms with Crippen LogP contribution in [0.3, 0.4) is 0 Å². The van der Waals surface area contributed by atoms with Crippen LogP contribution in [-0.4, -0.2) is 20.4 Å². The molecule has 0 spiro atoms. The van der Waals surface area contributed by atoms with E-state index in [1.807, 2.05) is 31.2 Å². The van der Waals surface area contributed by atoms with E-state index in [2.05, 4.69) is 0 Å². The Morgan fingerprint density at radius 3 is 1.84 bits per heavy atom. The number of aromatic hydroxyl groups is 4. The SMILES string of the molecule is Cc1cc(Cc2ccccc2O)c(O)c(Cc2ccc(O)cc2O)c1. The molecule has 0 heterocycles. The predicted octanol–water partition coefficient (Wildman–Crippen LogP) is 4.00. The molecule has 0 saturated carbocycles. The van der Waals surface area contributed by atoms with Gasteiger partial charge in [0.1, 0.15) is 23.0 Å². The van der Waals surface area contributed by atoms with Gasteiger partial charge in [-0.05, 0) is 41.3 Å². The van der Waals surface area contributed by atoms with Crippen LogP contribution in [0.5, 0.6) is 23.0 Å². The Balaban J connectivity index is 1.96. The zero-order valence-corrected chi connectivity index (χ0v) is 13.9. The van der Waals surface area contributed by atoms with E-state index < -0.39 is 0 Å². The fourth-order valence-corrected chi connectivity index (χ4v) is 2.98. The average molecular weight is 336 g/mol. The summed E-state index contributed by atoms with van der Waals surface area (Å²) in [4.78, 5) is 0. The summed E-state index contributed by atoms with van der Waals surface area (Å²) in [6, 6.07) is 15.2. The van der Waals surface area contributed by atoms with Crippen LogP contribution in [0.2, 0.25) is 0 Å². The molecule has 0 aromatic heterocycles. The first-order chi connectivity index (χ1) is 11.9. The Morgan fingerprint density at radius 2 is 1.24 bits per heavy atom. The number of hydrogen-bond acceptors (Lipinski definition) is 4. The highest BCUT2D eigenvalue weighted by atomic mass is 16.3. The van der Waals surface area contributed by atoms with Crippen molar-refractivity contribution in [3.05, 3.63) is 82.4 Å². The molecule has 0 aliphatic rings. The van der Waals surface area contributed by atoms with Crippen LogP contribution in [0.4, 0.5) is 0 Å². The molecule has 4 N–H and O–H groups in total. The molecule has 0 radical (unpaired) electrons. The van der Waals surface area contributed by atoms with Crippen molar-refractivity contribution in [3.8, 4) is 23.0 Å². The lowest BCUT2D eigenvalue weighted by Gasteiger charge is -2.13. The van der Waals surface area contributed by atoms with Crippen LogP contribution in [0.25, 0.3) is 0 Å². The number of aryl methyl sites for hydroxylation is 1. The Labute approximate surface area is 146 Å². The normalized spacial score (nSPS) is 10.8. The van der Waals surface area contributed by atoms with Crippen LogP contribution >= 0.6 is 0 Å². The highest BCUT2D eigenvalue weighted by Crippen LogP contribution is 2.33.